The van der Waals surface area contributed by atoms with Gasteiger partial charge < -0.3 is 10.5 Å². The minimum atomic E-state index is -0.352. The second-order valence-corrected chi connectivity index (χ2v) is 5.85. The van der Waals surface area contributed by atoms with Crippen LogP contribution >= 0.6 is 27.3 Å². The molecule has 3 nitrogen and oxygen atoms in total. The third-order valence-corrected chi connectivity index (χ3v) is 3.97. The topological polar surface area (TPSA) is 52.3 Å². The average Bonchev–Trinajstić information content (AvgIpc) is 2.70. The summed E-state index contributed by atoms with van der Waals surface area (Å²) in [7, 11) is 0. The van der Waals surface area contributed by atoms with E-state index in [9.17, 15) is 4.79 Å². The molecule has 2 N–H and O–H groups in total. The fourth-order valence-electron chi connectivity index (χ4n) is 1.58. The molecule has 0 amide bonds. The van der Waals surface area contributed by atoms with Crippen molar-refractivity contribution >= 4 is 38.9 Å². The lowest BCUT2D eigenvalue weighted by molar-refractivity contribution is 0.0476. The molecule has 18 heavy (non-hydrogen) atoms. The van der Waals surface area contributed by atoms with Gasteiger partial charge in [-0.05, 0) is 52.7 Å². The minimum absolute atomic E-state index is 0.281. The Hall–Kier alpha value is -1.33. The van der Waals surface area contributed by atoms with E-state index in [-0.39, 0.29) is 12.6 Å². The number of esters is 1. The Labute approximate surface area is 118 Å². The number of carbonyl (C=O) groups is 1. The lowest BCUT2D eigenvalue weighted by Gasteiger charge is -2.05. The van der Waals surface area contributed by atoms with Gasteiger partial charge in [-0.3, -0.25) is 0 Å². The van der Waals surface area contributed by atoms with Crippen molar-refractivity contribution < 1.29 is 9.53 Å². The number of aryl methyl sites for hydroxylation is 1. The fourth-order valence-corrected chi connectivity index (χ4v) is 2.94. The van der Waals surface area contributed by atoms with E-state index >= 15 is 0 Å². The third-order valence-electron chi connectivity index (χ3n) is 2.30. The van der Waals surface area contributed by atoms with E-state index in [0.717, 1.165) is 14.9 Å². The summed E-state index contributed by atoms with van der Waals surface area (Å²) < 4.78 is 6.23. The summed E-state index contributed by atoms with van der Waals surface area (Å²) >= 11 is 4.90. The molecule has 0 spiro atoms. The number of carbonyl (C=O) groups excluding carboxylic acids is 1. The van der Waals surface area contributed by atoms with Crippen molar-refractivity contribution in [1.29, 1.82) is 0 Å². The number of hydrogen-bond acceptors (Lipinski definition) is 4. The van der Waals surface area contributed by atoms with Crippen LogP contribution in [0.4, 0.5) is 5.69 Å². The van der Waals surface area contributed by atoms with Crippen molar-refractivity contribution in [2.45, 2.75) is 13.5 Å². The molecule has 1 aromatic carbocycles. The van der Waals surface area contributed by atoms with Crippen molar-refractivity contribution in [2.24, 2.45) is 0 Å². The number of thiophene rings is 1. The molecule has 0 saturated heterocycles. The molecule has 0 bridgehead atoms. The maximum atomic E-state index is 11.8. The van der Waals surface area contributed by atoms with Crippen LogP contribution in [0.1, 0.15) is 20.8 Å². The molecule has 0 aliphatic rings. The normalized spacial score (nSPS) is 10.3. The summed E-state index contributed by atoms with van der Waals surface area (Å²) in [4.78, 5) is 12.8. The Bertz CT molecular complexity index is 560. The number of hydrogen-bond donors (Lipinski definition) is 1. The van der Waals surface area contributed by atoms with Gasteiger partial charge in [0.1, 0.15) is 6.61 Å². The van der Waals surface area contributed by atoms with Crippen LogP contribution in [0.25, 0.3) is 0 Å². The molecule has 0 radical (unpaired) electrons. The summed E-state index contributed by atoms with van der Waals surface area (Å²) in [6, 6.07) is 7.14. The van der Waals surface area contributed by atoms with Crippen LogP contribution in [0.5, 0.6) is 0 Å². The molecule has 94 valence electrons. The van der Waals surface area contributed by atoms with Crippen LogP contribution < -0.4 is 5.73 Å². The number of benzene rings is 1. The third kappa shape index (κ3) is 3.34. The molecule has 1 heterocycles. The van der Waals surface area contributed by atoms with Gasteiger partial charge in [0.05, 0.1) is 5.56 Å². The molecule has 2 aromatic rings. The highest BCUT2D eigenvalue weighted by atomic mass is 79.9. The summed E-state index contributed by atoms with van der Waals surface area (Å²) in [5.41, 5.74) is 7.70. The van der Waals surface area contributed by atoms with Crippen LogP contribution in [0.3, 0.4) is 0 Å². The number of halogens is 1. The van der Waals surface area contributed by atoms with Crippen LogP contribution in [0.2, 0.25) is 0 Å². The summed E-state index contributed by atoms with van der Waals surface area (Å²) in [6.45, 7) is 2.17. The van der Waals surface area contributed by atoms with E-state index in [4.69, 9.17) is 10.5 Å². The van der Waals surface area contributed by atoms with E-state index in [1.807, 2.05) is 24.4 Å². The summed E-state index contributed by atoms with van der Waals surface area (Å²) in [6.07, 6.45) is 0. The average molecular weight is 326 g/mol. The van der Waals surface area contributed by atoms with Crippen molar-refractivity contribution in [3.63, 3.8) is 0 Å². The van der Waals surface area contributed by atoms with Gasteiger partial charge in [-0.1, -0.05) is 0 Å². The van der Waals surface area contributed by atoms with Crippen LogP contribution in [0, 0.1) is 6.92 Å². The highest BCUT2D eigenvalue weighted by molar-refractivity contribution is 9.10. The SMILES string of the molecule is Cc1cc(N)cc(C(=O)OCc2cc(Br)cs2)c1. The predicted octanol–water partition coefficient (Wildman–Crippen LogP) is 3.76. The Morgan fingerprint density at radius 3 is 2.78 bits per heavy atom. The van der Waals surface area contributed by atoms with Gasteiger partial charge in [0, 0.05) is 20.4 Å². The Morgan fingerprint density at radius 1 is 1.39 bits per heavy atom. The number of nitrogen functional groups attached to an aromatic ring is 1. The van der Waals surface area contributed by atoms with E-state index < -0.39 is 0 Å². The molecule has 0 atom stereocenters. The largest absolute Gasteiger partial charge is 0.456 e. The molecule has 0 aliphatic carbocycles. The van der Waals surface area contributed by atoms with Crippen molar-refractivity contribution in [1.82, 2.24) is 0 Å². The maximum absolute atomic E-state index is 11.8. The first-order valence-corrected chi connectivity index (χ1v) is 6.99. The molecular formula is C13H12BrNO2S. The molecule has 0 unspecified atom stereocenters. The minimum Gasteiger partial charge on any atom is -0.456 e. The number of nitrogens with two attached hydrogens (primary N) is 1. The summed E-state index contributed by atoms with van der Waals surface area (Å²) in [5, 5.41) is 1.95. The molecule has 0 aliphatic heterocycles. The monoisotopic (exact) mass is 325 g/mol. The zero-order chi connectivity index (χ0) is 13.1. The predicted molar refractivity (Wildman–Crippen MR) is 76.7 cm³/mol. The molecule has 1 aromatic heterocycles. The number of anilines is 1. The second-order valence-electron chi connectivity index (χ2n) is 3.94. The lowest BCUT2D eigenvalue weighted by Crippen LogP contribution is -2.05. The van der Waals surface area contributed by atoms with Crippen LogP contribution in [-0.4, -0.2) is 5.97 Å². The van der Waals surface area contributed by atoms with Crippen molar-refractivity contribution in [3.8, 4) is 0 Å². The smallest absolute Gasteiger partial charge is 0.338 e. The van der Waals surface area contributed by atoms with Crippen LogP contribution in [0.15, 0.2) is 34.1 Å². The van der Waals surface area contributed by atoms with Gasteiger partial charge in [0.2, 0.25) is 0 Å². The second kappa shape index (κ2) is 5.54. The molecule has 0 saturated carbocycles. The highest BCUT2D eigenvalue weighted by Crippen LogP contribution is 2.21. The van der Waals surface area contributed by atoms with Gasteiger partial charge in [-0.25, -0.2) is 4.79 Å². The molecule has 0 fully saturated rings. The first kappa shape index (κ1) is 13.1. The van der Waals surface area contributed by atoms with Gasteiger partial charge in [-0.15, -0.1) is 11.3 Å². The molecule has 2 rings (SSSR count). The Balaban J connectivity index is 2.03. The summed E-state index contributed by atoms with van der Waals surface area (Å²) in [5.74, 6) is -0.352. The van der Waals surface area contributed by atoms with Gasteiger partial charge in [0.15, 0.2) is 0 Å². The highest BCUT2D eigenvalue weighted by Gasteiger charge is 2.09. The van der Waals surface area contributed by atoms with E-state index in [1.54, 1.807) is 23.5 Å². The number of rotatable bonds is 3. The van der Waals surface area contributed by atoms with E-state index in [0.29, 0.717) is 11.3 Å². The van der Waals surface area contributed by atoms with Crippen LogP contribution in [-0.2, 0) is 11.3 Å². The van der Waals surface area contributed by atoms with Gasteiger partial charge >= 0.3 is 5.97 Å². The fraction of sp³-hybridized carbons (Fsp3) is 0.154. The van der Waals surface area contributed by atoms with Crippen molar-refractivity contribution in [2.75, 3.05) is 5.73 Å². The quantitative estimate of drug-likeness (QED) is 0.690. The Kier molecular flexibility index (Phi) is 4.04. The standard InChI is InChI=1S/C13H12BrNO2S/c1-8-2-9(4-11(15)3-8)13(16)17-6-12-5-10(14)7-18-12/h2-5,7H,6,15H2,1H3. The molecular weight excluding hydrogens is 314 g/mol. The molecule has 5 heteroatoms. The van der Waals surface area contributed by atoms with E-state index in [1.165, 1.54) is 0 Å². The van der Waals surface area contributed by atoms with Crippen molar-refractivity contribution in [3.05, 3.63) is 50.1 Å². The first-order valence-electron chi connectivity index (χ1n) is 5.32. The van der Waals surface area contributed by atoms with Gasteiger partial charge in [-0.2, -0.15) is 0 Å². The number of ether oxygens (including phenoxy) is 1. The van der Waals surface area contributed by atoms with Gasteiger partial charge in [0.25, 0.3) is 0 Å². The Morgan fingerprint density at radius 2 is 2.17 bits per heavy atom. The zero-order valence-corrected chi connectivity index (χ0v) is 12.2. The zero-order valence-electron chi connectivity index (χ0n) is 9.77. The maximum Gasteiger partial charge on any atom is 0.338 e. The lowest BCUT2D eigenvalue weighted by atomic mass is 10.1. The first-order chi connectivity index (χ1) is 8.54. The van der Waals surface area contributed by atoms with E-state index in [2.05, 4.69) is 15.9 Å².